The predicted octanol–water partition coefficient (Wildman–Crippen LogP) is 7.32. The summed E-state index contributed by atoms with van der Waals surface area (Å²) in [4.78, 5) is 0. The summed E-state index contributed by atoms with van der Waals surface area (Å²) in [5, 5.41) is 29.3. The molecule has 0 aromatic heterocycles. The molecule has 197 valence electrons. The molecule has 25 heteroatoms. The molecule has 0 atom stereocenters. The first-order valence-electron chi connectivity index (χ1n) is 6.39. The fourth-order valence-electron chi connectivity index (χ4n) is 0. The van der Waals surface area contributed by atoms with Gasteiger partial charge in [0.05, 0.1) is 24.3 Å². The molecule has 0 spiro atoms. The summed E-state index contributed by atoms with van der Waals surface area (Å²) in [5.74, 6) is 0. The second-order valence-corrected chi connectivity index (χ2v) is 2.87. The van der Waals surface area contributed by atoms with Crippen LogP contribution in [0.4, 0.5) is 69.1 Å². The van der Waals surface area contributed by atoms with Gasteiger partial charge in [0.15, 0.2) is 0 Å². The van der Waals surface area contributed by atoms with Gasteiger partial charge in [0, 0.05) is 27.7 Å². The van der Waals surface area contributed by atoms with Crippen LogP contribution in [-0.2, 0) is 20.1 Å². The van der Waals surface area contributed by atoms with Crippen molar-refractivity contribution >= 4 is 29.0 Å². The average molecular weight is 704 g/mol. The van der Waals surface area contributed by atoms with Gasteiger partial charge in [-0.05, 0) is 0 Å². The molecule has 0 bridgehead atoms. The van der Waals surface area contributed by atoms with Crippen LogP contribution < -0.4 is 0 Å². The van der Waals surface area contributed by atoms with Gasteiger partial charge in [-0.3, -0.25) is 0 Å². The van der Waals surface area contributed by atoms with Gasteiger partial charge in [0.2, 0.25) is 0 Å². The minimum Gasteiger partial charge on any atom is -0.418 e. The van der Waals surface area contributed by atoms with Crippen molar-refractivity contribution in [2.45, 2.75) is 27.7 Å². The van der Waals surface area contributed by atoms with Crippen molar-refractivity contribution in [3.63, 3.8) is 0 Å². The van der Waals surface area contributed by atoms with Crippen molar-refractivity contribution in [3.05, 3.63) is 0 Å². The smallest absolute Gasteiger partial charge is 0.418 e. The Hall–Kier alpha value is -2.25. The first kappa shape index (κ1) is 57.5. The first-order chi connectivity index (χ1) is 13.7. The molecule has 0 aliphatic rings. The molecule has 0 rings (SSSR count). The second kappa shape index (κ2) is 37.1. The Bertz CT molecular complexity index is 403. The van der Waals surface area contributed by atoms with E-state index in [1.54, 1.807) is 24.3 Å². The monoisotopic (exact) mass is 705 g/mol. The summed E-state index contributed by atoms with van der Waals surface area (Å²) in [5.41, 5.74) is 0. The second-order valence-electron chi connectivity index (χ2n) is 2.87. The quantitative estimate of drug-likeness (QED) is 0.195. The minimum absolute atomic E-state index is 0. The number of rotatable bonds is 0. The largest absolute Gasteiger partial charge is 4.00 e. The fourth-order valence-corrected chi connectivity index (χ4v) is 0. The maximum atomic E-state index is 9.75. The third-order valence-corrected chi connectivity index (χ3v) is 0. The minimum atomic E-state index is -6.00. The molecule has 0 aliphatic carbocycles. The van der Waals surface area contributed by atoms with E-state index in [-0.39, 0.29) is 20.1 Å². The SMILES string of the molecule is CC#N.CC#N.CC#N.CC#N.F[B-](F)(F)F.F[B-](F)(F)F.F[B-](F)(F)F.F[B-](F)(F)F.[Ir+4]. The summed E-state index contributed by atoms with van der Waals surface area (Å²) in [6.07, 6.45) is 0. The molecule has 0 aliphatic heterocycles. The molecule has 0 amide bonds. The number of nitrogens with zero attached hydrogens (tertiary/aromatic N) is 4. The number of halogens is 16. The maximum absolute atomic E-state index is 9.75. The van der Waals surface area contributed by atoms with Gasteiger partial charge in [-0.1, -0.05) is 0 Å². The van der Waals surface area contributed by atoms with Crippen LogP contribution in [-0.4, -0.2) is 29.0 Å². The molecule has 0 heterocycles. The normalized spacial score (nSPS) is 8.24. The van der Waals surface area contributed by atoms with E-state index in [0.717, 1.165) is 0 Å². The summed E-state index contributed by atoms with van der Waals surface area (Å²) in [6.45, 7) is 5.72. The van der Waals surface area contributed by atoms with E-state index < -0.39 is 29.0 Å². The molecule has 33 heavy (non-hydrogen) atoms. The fraction of sp³-hybridized carbons (Fsp3) is 0.500. The van der Waals surface area contributed by atoms with Crippen LogP contribution >= 0.6 is 0 Å². The van der Waals surface area contributed by atoms with E-state index in [2.05, 4.69) is 0 Å². The van der Waals surface area contributed by atoms with Gasteiger partial charge < -0.3 is 69.1 Å². The number of hydrogen-bond acceptors (Lipinski definition) is 4. The summed E-state index contributed by atoms with van der Waals surface area (Å²) in [6, 6.07) is 7.00. The van der Waals surface area contributed by atoms with E-state index in [4.69, 9.17) is 21.0 Å². The van der Waals surface area contributed by atoms with Crippen LogP contribution in [0.15, 0.2) is 0 Å². The molecular weight excluding hydrogens is 692 g/mol. The Morgan fingerprint density at radius 1 is 0.333 bits per heavy atom. The summed E-state index contributed by atoms with van der Waals surface area (Å²) >= 11 is 0. The zero-order valence-electron chi connectivity index (χ0n) is 16.5. The Balaban J connectivity index is -0.0000000287. The van der Waals surface area contributed by atoms with Crippen LogP contribution in [0.1, 0.15) is 27.7 Å². The number of nitriles is 4. The standard InChI is InChI=1S/4C2H3N.4BF4.Ir/c4*1-2-3;4*2-1(3,4)5;/h4*1H3;;;;;/q;;;;4*-1;+4. The van der Waals surface area contributed by atoms with Gasteiger partial charge in [0.1, 0.15) is 0 Å². The van der Waals surface area contributed by atoms with Gasteiger partial charge in [0.25, 0.3) is 0 Å². The van der Waals surface area contributed by atoms with E-state index in [1.165, 1.54) is 27.7 Å². The molecule has 0 unspecified atom stereocenters. The molecular formula is C8H12B4F16IrN4. The van der Waals surface area contributed by atoms with Crippen molar-refractivity contribution in [2.75, 3.05) is 0 Å². The van der Waals surface area contributed by atoms with Crippen molar-refractivity contribution in [2.24, 2.45) is 0 Å². The van der Waals surface area contributed by atoms with Crippen LogP contribution in [0.2, 0.25) is 0 Å². The van der Waals surface area contributed by atoms with Crippen molar-refractivity contribution < 1.29 is 89.2 Å². The van der Waals surface area contributed by atoms with Gasteiger partial charge >= 0.3 is 49.1 Å². The van der Waals surface area contributed by atoms with Crippen molar-refractivity contribution in [1.29, 1.82) is 21.0 Å². The van der Waals surface area contributed by atoms with Crippen LogP contribution in [0.5, 0.6) is 0 Å². The molecule has 1 radical (unpaired) electrons. The van der Waals surface area contributed by atoms with Gasteiger partial charge in [-0.15, -0.1) is 0 Å². The molecule has 0 aromatic carbocycles. The molecule has 0 N–H and O–H groups in total. The van der Waals surface area contributed by atoms with Crippen LogP contribution in [0, 0.1) is 45.3 Å². The van der Waals surface area contributed by atoms with Crippen LogP contribution in [0.25, 0.3) is 0 Å². The maximum Gasteiger partial charge on any atom is 4.00 e. The molecule has 0 saturated carbocycles. The van der Waals surface area contributed by atoms with Crippen molar-refractivity contribution in [3.8, 4) is 24.3 Å². The van der Waals surface area contributed by atoms with E-state index in [9.17, 15) is 69.1 Å². The zero-order valence-corrected chi connectivity index (χ0v) is 18.9. The zero-order chi connectivity index (χ0) is 28.8. The Morgan fingerprint density at radius 3 is 0.333 bits per heavy atom. The number of hydrogen-bond donors (Lipinski definition) is 0. The molecule has 0 fully saturated rings. The molecule has 4 nitrogen and oxygen atoms in total. The summed E-state index contributed by atoms with van der Waals surface area (Å²) < 4.78 is 156. The molecule has 0 saturated heterocycles. The Labute approximate surface area is 191 Å². The van der Waals surface area contributed by atoms with E-state index in [1.807, 2.05) is 0 Å². The average Bonchev–Trinajstić information content (AvgIpc) is 2.32. The van der Waals surface area contributed by atoms with Gasteiger partial charge in [-0.25, -0.2) is 0 Å². The summed E-state index contributed by atoms with van der Waals surface area (Å²) in [7, 11) is -24.0. The molecule has 0 aromatic rings. The third kappa shape index (κ3) is 4520. The predicted molar refractivity (Wildman–Crippen MR) is 85.9 cm³/mol. The van der Waals surface area contributed by atoms with E-state index >= 15 is 0 Å². The third-order valence-electron chi connectivity index (χ3n) is 0. The Morgan fingerprint density at radius 2 is 0.333 bits per heavy atom. The Kier molecular flexibility index (Phi) is 64.7. The van der Waals surface area contributed by atoms with Crippen molar-refractivity contribution in [1.82, 2.24) is 0 Å². The van der Waals surface area contributed by atoms with Crippen LogP contribution in [0.3, 0.4) is 0 Å². The van der Waals surface area contributed by atoms with E-state index in [0.29, 0.717) is 0 Å². The topological polar surface area (TPSA) is 95.2 Å². The van der Waals surface area contributed by atoms with Gasteiger partial charge in [-0.2, -0.15) is 21.0 Å². The first-order valence-corrected chi connectivity index (χ1v) is 6.39.